The van der Waals surface area contributed by atoms with Crippen molar-refractivity contribution in [2.24, 2.45) is 0 Å². The molecule has 2 N–H and O–H groups in total. The summed E-state index contributed by atoms with van der Waals surface area (Å²) < 4.78 is 0. The van der Waals surface area contributed by atoms with E-state index >= 15 is 0 Å². The molecule has 2 aromatic rings. The van der Waals surface area contributed by atoms with Crippen LogP contribution < -0.4 is 10.6 Å². The highest BCUT2D eigenvalue weighted by molar-refractivity contribution is 7.16. The summed E-state index contributed by atoms with van der Waals surface area (Å²) in [6.07, 6.45) is 5.93. The van der Waals surface area contributed by atoms with Crippen molar-refractivity contribution in [2.75, 3.05) is 11.9 Å². The molecule has 2 amide bonds. The van der Waals surface area contributed by atoms with E-state index in [0.717, 1.165) is 49.1 Å². The molecule has 0 fully saturated rings. The van der Waals surface area contributed by atoms with Crippen LogP contribution in [0.5, 0.6) is 0 Å². The van der Waals surface area contributed by atoms with Crippen LogP contribution in [0.2, 0.25) is 5.02 Å². The number of hydrogen-bond acceptors (Lipinski definition) is 4. The highest BCUT2D eigenvalue weighted by Gasteiger charge is 2.30. The fourth-order valence-corrected chi connectivity index (χ4v) is 4.39. The van der Waals surface area contributed by atoms with Crippen molar-refractivity contribution in [2.45, 2.75) is 51.4 Å². The van der Waals surface area contributed by atoms with E-state index in [0.29, 0.717) is 22.3 Å². The zero-order valence-corrected chi connectivity index (χ0v) is 17.0. The molecule has 0 bridgehead atoms. The number of nitrogens with one attached hydrogen (secondary N) is 2. The van der Waals surface area contributed by atoms with Crippen LogP contribution >= 0.6 is 22.9 Å². The zero-order valence-electron chi connectivity index (χ0n) is 15.4. The van der Waals surface area contributed by atoms with Crippen LogP contribution in [0.3, 0.4) is 0 Å². The van der Waals surface area contributed by atoms with Gasteiger partial charge in [-0.05, 0) is 49.9 Å². The maximum atomic E-state index is 12.6. The Balaban J connectivity index is 1.67. The molecule has 0 aliphatic heterocycles. The summed E-state index contributed by atoms with van der Waals surface area (Å²) >= 11 is 7.33. The molecule has 1 aromatic carbocycles. The number of fused-ring (bicyclic) bond motifs is 1. The summed E-state index contributed by atoms with van der Waals surface area (Å²) in [5, 5.41) is 7.02. The predicted octanol–water partition coefficient (Wildman–Crippen LogP) is 4.78. The molecule has 1 atom stereocenters. The molecule has 1 aromatic heterocycles. The first-order chi connectivity index (χ1) is 13.1. The summed E-state index contributed by atoms with van der Waals surface area (Å²) in [6.45, 7) is 2.85. The maximum Gasteiger partial charge on any atom is 0.257 e. The van der Waals surface area contributed by atoms with Crippen LogP contribution in [0.25, 0.3) is 0 Å². The molecular weight excluding hydrogens is 382 g/mol. The van der Waals surface area contributed by atoms with Gasteiger partial charge in [-0.3, -0.25) is 14.9 Å². The normalized spacial score (nSPS) is 15.9. The SMILES string of the molecule is CCCCCNC(=O)C1CCCc2sc(NC(=O)c3ccc(Cl)cc3)nc21. The number of carbonyl (C=O) groups is 2. The topological polar surface area (TPSA) is 71.1 Å². The minimum atomic E-state index is -0.224. The van der Waals surface area contributed by atoms with Crippen LogP contribution in [0.1, 0.15) is 65.9 Å². The van der Waals surface area contributed by atoms with E-state index in [1.807, 2.05) is 0 Å². The number of aromatic nitrogens is 1. The molecule has 1 heterocycles. The number of amides is 2. The van der Waals surface area contributed by atoms with Gasteiger partial charge in [-0.2, -0.15) is 0 Å². The Hall–Kier alpha value is -1.92. The standard InChI is InChI=1S/C20H24ClN3O2S/c1-2-3-4-12-22-19(26)15-6-5-7-16-17(15)23-20(27-16)24-18(25)13-8-10-14(21)11-9-13/h8-11,15H,2-7,12H2,1H3,(H,22,26)(H,23,24,25). The summed E-state index contributed by atoms with van der Waals surface area (Å²) in [5.74, 6) is -0.390. The Labute approximate surface area is 168 Å². The Kier molecular flexibility index (Phi) is 6.85. The summed E-state index contributed by atoms with van der Waals surface area (Å²) in [7, 11) is 0. The van der Waals surface area contributed by atoms with Crippen molar-refractivity contribution in [3.63, 3.8) is 0 Å². The molecule has 27 heavy (non-hydrogen) atoms. The van der Waals surface area contributed by atoms with Crippen LogP contribution in [0.4, 0.5) is 5.13 Å². The highest BCUT2D eigenvalue weighted by Crippen LogP contribution is 2.37. The van der Waals surface area contributed by atoms with Gasteiger partial charge >= 0.3 is 0 Å². The third-order valence-corrected chi connectivity index (χ3v) is 5.98. The predicted molar refractivity (Wildman–Crippen MR) is 110 cm³/mol. The third-order valence-electron chi connectivity index (χ3n) is 4.68. The molecular formula is C20H24ClN3O2S. The number of nitrogens with zero attached hydrogens (tertiary/aromatic N) is 1. The summed E-state index contributed by atoms with van der Waals surface area (Å²) in [4.78, 5) is 30.6. The van der Waals surface area contributed by atoms with Gasteiger partial charge in [0.2, 0.25) is 5.91 Å². The number of benzene rings is 1. The molecule has 5 nitrogen and oxygen atoms in total. The molecule has 1 aliphatic carbocycles. The summed E-state index contributed by atoms with van der Waals surface area (Å²) in [5.41, 5.74) is 1.35. The van der Waals surface area contributed by atoms with Gasteiger partial charge in [0.05, 0.1) is 11.6 Å². The second kappa shape index (κ2) is 9.33. The average Bonchev–Trinajstić information content (AvgIpc) is 3.07. The van der Waals surface area contributed by atoms with Crippen LogP contribution in [-0.4, -0.2) is 23.3 Å². The number of unbranched alkanes of at least 4 members (excludes halogenated alkanes) is 2. The van der Waals surface area contributed by atoms with Gasteiger partial charge in [0.1, 0.15) is 0 Å². The Morgan fingerprint density at radius 3 is 2.78 bits per heavy atom. The lowest BCUT2D eigenvalue weighted by Gasteiger charge is -2.20. The van der Waals surface area contributed by atoms with E-state index in [4.69, 9.17) is 11.6 Å². The number of halogens is 1. The molecule has 1 unspecified atom stereocenters. The van der Waals surface area contributed by atoms with Crippen molar-refractivity contribution in [1.29, 1.82) is 0 Å². The summed E-state index contributed by atoms with van der Waals surface area (Å²) in [6, 6.07) is 6.72. The second-order valence-corrected chi connectivity index (χ2v) is 8.25. The van der Waals surface area contributed by atoms with E-state index in [1.54, 1.807) is 24.3 Å². The number of rotatable bonds is 7. The van der Waals surface area contributed by atoms with E-state index in [1.165, 1.54) is 11.3 Å². The van der Waals surface area contributed by atoms with Crippen LogP contribution in [-0.2, 0) is 11.2 Å². The number of anilines is 1. The van der Waals surface area contributed by atoms with Gasteiger partial charge in [-0.1, -0.05) is 31.4 Å². The van der Waals surface area contributed by atoms with E-state index < -0.39 is 0 Å². The van der Waals surface area contributed by atoms with Crippen LogP contribution in [0.15, 0.2) is 24.3 Å². The van der Waals surface area contributed by atoms with Crippen molar-refractivity contribution in [3.05, 3.63) is 45.4 Å². The first kappa shape index (κ1) is 19.8. The largest absolute Gasteiger partial charge is 0.356 e. The minimum Gasteiger partial charge on any atom is -0.356 e. The quantitative estimate of drug-likeness (QED) is 0.651. The second-order valence-electron chi connectivity index (χ2n) is 6.73. The van der Waals surface area contributed by atoms with E-state index in [-0.39, 0.29) is 17.7 Å². The molecule has 144 valence electrons. The van der Waals surface area contributed by atoms with E-state index in [2.05, 4.69) is 22.5 Å². The lowest BCUT2D eigenvalue weighted by Crippen LogP contribution is -2.32. The van der Waals surface area contributed by atoms with Gasteiger partial charge in [0.15, 0.2) is 5.13 Å². The molecule has 0 spiro atoms. The van der Waals surface area contributed by atoms with E-state index in [9.17, 15) is 9.59 Å². The van der Waals surface area contributed by atoms with Crippen molar-refractivity contribution in [1.82, 2.24) is 10.3 Å². The van der Waals surface area contributed by atoms with Gasteiger partial charge in [-0.25, -0.2) is 4.98 Å². The van der Waals surface area contributed by atoms with Gasteiger partial charge < -0.3 is 5.32 Å². The highest BCUT2D eigenvalue weighted by atomic mass is 35.5. The first-order valence-electron chi connectivity index (χ1n) is 9.42. The van der Waals surface area contributed by atoms with Gasteiger partial charge in [-0.15, -0.1) is 11.3 Å². The zero-order chi connectivity index (χ0) is 19.2. The molecule has 3 rings (SSSR count). The van der Waals surface area contributed by atoms with Crippen LogP contribution in [0, 0.1) is 0 Å². The maximum absolute atomic E-state index is 12.6. The Morgan fingerprint density at radius 1 is 1.26 bits per heavy atom. The smallest absolute Gasteiger partial charge is 0.257 e. The number of thiazole rings is 1. The Morgan fingerprint density at radius 2 is 2.04 bits per heavy atom. The molecule has 0 saturated heterocycles. The lowest BCUT2D eigenvalue weighted by molar-refractivity contribution is -0.122. The molecule has 1 aliphatic rings. The number of carbonyl (C=O) groups excluding carboxylic acids is 2. The van der Waals surface area contributed by atoms with Gasteiger partial charge in [0.25, 0.3) is 5.91 Å². The number of hydrogen-bond donors (Lipinski definition) is 2. The van der Waals surface area contributed by atoms with Crippen molar-refractivity contribution < 1.29 is 9.59 Å². The minimum absolute atomic E-state index is 0.0490. The van der Waals surface area contributed by atoms with Gasteiger partial charge in [0, 0.05) is 22.0 Å². The fourth-order valence-electron chi connectivity index (χ4n) is 3.21. The fraction of sp³-hybridized carbons (Fsp3) is 0.450. The van der Waals surface area contributed by atoms with Crippen molar-refractivity contribution in [3.8, 4) is 0 Å². The average molecular weight is 406 g/mol. The number of aryl methyl sites for hydroxylation is 1. The van der Waals surface area contributed by atoms with Crippen molar-refractivity contribution >= 4 is 39.9 Å². The molecule has 0 radical (unpaired) electrons. The monoisotopic (exact) mass is 405 g/mol. The molecule has 0 saturated carbocycles. The lowest BCUT2D eigenvalue weighted by atomic mass is 9.90. The molecule has 7 heteroatoms. The Bertz CT molecular complexity index is 804. The third kappa shape index (κ3) is 5.08. The first-order valence-corrected chi connectivity index (χ1v) is 10.6.